The molecule has 0 atom stereocenters. The molecule has 0 unspecified atom stereocenters. The third-order valence-electron chi connectivity index (χ3n) is 1.65. The van der Waals surface area contributed by atoms with E-state index in [1.165, 1.54) is 4.68 Å². The maximum atomic E-state index is 10.6. The average molecular weight is 175 g/mol. The highest BCUT2D eigenvalue weighted by Crippen LogP contribution is 2.07. The van der Waals surface area contributed by atoms with Gasteiger partial charge in [-0.3, -0.25) is 4.79 Å². The van der Waals surface area contributed by atoms with Gasteiger partial charge in [0, 0.05) is 6.07 Å². The van der Waals surface area contributed by atoms with Gasteiger partial charge in [-0.2, -0.15) is 0 Å². The molecule has 0 fully saturated rings. The van der Waals surface area contributed by atoms with Crippen LogP contribution in [0, 0.1) is 6.07 Å². The lowest BCUT2D eigenvalue weighted by molar-refractivity contribution is -0.118. The van der Waals surface area contributed by atoms with E-state index in [2.05, 4.69) is 16.4 Å². The van der Waals surface area contributed by atoms with E-state index >= 15 is 0 Å². The molecule has 5 nitrogen and oxygen atoms in total. The van der Waals surface area contributed by atoms with Crippen LogP contribution >= 0.6 is 0 Å². The van der Waals surface area contributed by atoms with Gasteiger partial charge in [0.1, 0.15) is 12.1 Å². The first kappa shape index (κ1) is 7.72. The number of amides is 1. The van der Waals surface area contributed by atoms with Crippen molar-refractivity contribution in [2.24, 2.45) is 5.73 Å². The predicted octanol–water partition coefficient (Wildman–Crippen LogP) is -0.283. The Morgan fingerprint density at radius 2 is 2.54 bits per heavy atom. The summed E-state index contributed by atoms with van der Waals surface area (Å²) in [6.07, 6.45) is 0. The SMILES string of the molecule is NC(=O)Cn1nnc2[c]cccc21. The van der Waals surface area contributed by atoms with Gasteiger partial charge in [0.25, 0.3) is 0 Å². The van der Waals surface area contributed by atoms with Crippen LogP contribution in [0.5, 0.6) is 0 Å². The molecule has 0 spiro atoms. The Balaban J connectivity index is 2.51. The van der Waals surface area contributed by atoms with Crippen LogP contribution < -0.4 is 5.73 Å². The lowest BCUT2D eigenvalue weighted by atomic mass is 10.3. The van der Waals surface area contributed by atoms with Crippen LogP contribution in [-0.2, 0) is 11.3 Å². The van der Waals surface area contributed by atoms with Crippen molar-refractivity contribution >= 4 is 16.9 Å². The Morgan fingerprint density at radius 3 is 3.31 bits per heavy atom. The van der Waals surface area contributed by atoms with Crippen LogP contribution in [0.1, 0.15) is 0 Å². The summed E-state index contributed by atoms with van der Waals surface area (Å²) in [5.74, 6) is -0.435. The van der Waals surface area contributed by atoms with Crippen molar-refractivity contribution in [3.8, 4) is 0 Å². The van der Waals surface area contributed by atoms with E-state index in [9.17, 15) is 4.79 Å². The summed E-state index contributed by atoms with van der Waals surface area (Å²) in [5, 5.41) is 7.59. The van der Waals surface area contributed by atoms with Gasteiger partial charge in [0.2, 0.25) is 5.91 Å². The second kappa shape index (κ2) is 2.85. The van der Waals surface area contributed by atoms with Crippen LogP contribution in [0.15, 0.2) is 18.2 Å². The summed E-state index contributed by atoms with van der Waals surface area (Å²) in [7, 11) is 0. The minimum Gasteiger partial charge on any atom is -0.368 e. The van der Waals surface area contributed by atoms with Gasteiger partial charge in [-0.15, -0.1) is 5.10 Å². The molecule has 0 aliphatic carbocycles. The van der Waals surface area contributed by atoms with Gasteiger partial charge in [-0.1, -0.05) is 17.3 Å². The fraction of sp³-hybridized carbons (Fsp3) is 0.125. The molecule has 1 heterocycles. The highest BCUT2D eigenvalue weighted by molar-refractivity contribution is 5.78. The number of hydrogen-bond donors (Lipinski definition) is 1. The summed E-state index contributed by atoms with van der Waals surface area (Å²) in [6, 6.07) is 8.26. The average Bonchev–Trinajstić information content (AvgIpc) is 2.48. The number of nitrogens with zero attached hydrogens (tertiary/aromatic N) is 3. The van der Waals surface area contributed by atoms with Crippen molar-refractivity contribution in [1.82, 2.24) is 15.0 Å². The molecule has 5 heteroatoms. The van der Waals surface area contributed by atoms with E-state index in [1.807, 2.05) is 12.1 Å². The molecule has 0 saturated heterocycles. The molecular formula is C8H7N4O. The fourth-order valence-corrected chi connectivity index (χ4v) is 1.12. The number of carbonyl (C=O) groups is 1. The van der Waals surface area contributed by atoms with E-state index in [4.69, 9.17) is 5.73 Å². The van der Waals surface area contributed by atoms with Gasteiger partial charge in [-0.25, -0.2) is 4.68 Å². The van der Waals surface area contributed by atoms with E-state index in [0.717, 1.165) is 5.52 Å². The van der Waals surface area contributed by atoms with Crippen molar-refractivity contribution in [2.45, 2.75) is 6.54 Å². The van der Waals surface area contributed by atoms with E-state index in [0.29, 0.717) is 5.52 Å². The lowest BCUT2D eigenvalue weighted by Crippen LogP contribution is -2.19. The van der Waals surface area contributed by atoms with Gasteiger partial charge in [0.05, 0.1) is 5.52 Å². The summed E-state index contributed by atoms with van der Waals surface area (Å²) in [6.45, 7) is 0.0500. The van der Waals surface area contributed by atoms with Crippen molar-refractivity contribution in [1.29, 1.82) is 0 Å². The van der Waals surface area contributed by atoms with Crippen LogP contribution in [0.25, 0.3) is 11.0 Å². The normalized spacial score (nSPS) is 10.5. The van der Waals surface area contributed by atoms with Crippen LogP contribution in [0.2, 0.25) is 0 Å². The minimum atomic E-state index is -0.435. The summed E-state index contributed by atoms with van der Waals surface area (Å²) < 4.78 is 1.45. The Morgan fingerprint density at radius 1 is 1.69 bits per heavy atom. The summed E-state index contributed by atoms with van der Waals surface area (Å²) >= 11 is 0. The molecule has 1 aromatic heterocycles. The highest BCUT2D eigenvalue weighted by Gasteiger charge is 2.04. The summed E-state index contributed by atoms with van der Waals surface area (Å²) in [4.78, 5) is 10.6. The molecule has 65 valence electrons. The van der Waals surface area contributed by atoms with Gasteiger partial charge >= 0.3 is 0 Å². The number of nitrogens with two attached hydrogens (primary N) is 1. The first-order chi connectivity index (χ1) is 6.27. The molecule has 2 rings (SSSR count). The Bertz CT molecular complexity index is 448. The number of hydrogen-bond acceptors (Lipinski definition) is 3. The molecule has 0 saturated carbocycles. The lowest BCUT2D eigenvalue weighted by Gasteiger charge is -1.95. The van der Waals surface area contributed by atoms with Gasteiger partial charge in [0.15, 0.2) is 0 Å². The molecular weight excluding hydrogens is 168 g/mol. The van der Waals surface area contributed by atoms with Crippen LogP contribution in [-0.4, -0.2) is 20.9 Å². The first-order valence-electron chi connectivity index (χ1n) is 3.75. The molecule has 0 bridgehead atoms. The standard InChI is InChI=1S/C8H7N4O/c9-8(13)5-12-7-4-2-1-3-6(7)10-11-12/h1-2,4H,5H2,(H2,9,13). The number of aromatic nitrogens is 3. The maximum absolute atomic E-state index is 10.6. The second-order valence-corrected chi connectivity index (χ2v) is 2.62. The van der Waals surface area contributed by atoms with Crippen LogP contribution in [0.3, 0.4) is 0 Å². The molecule has 1 radical (unpaired) electrons. The van der Waals surface area contributed by atoms with E-state index in [1.54, 1.807) is 6.07 Å². The zero-order valence-corrected chi connectivity index (χ0v) is 6.77. The smallest absolute Gasteiger partial charge is 0.239 e. The molecule has 2 N–H and O–H groups in total. The Labute approximate surface area is 74.1 Å². The number of primary amides is 1. The topological polar surface area (TPSA) is 73.8 Å². The van der Waals surface area contributed by atoms with Crippen molar-refractivity contribution in [3.05, 3.63) is 24.3 Å². The van der Waals surface area contributed by atoms with Gasteiger partial charge < -0.3 is 5.73 Å². The van der Waals surface area contributed by atoms with Gasteiger partial charge in [-0.05, 0) is 6.07 Å². The van der Waals surface area contributed by atoms with Crippen molar-refractivity contribution < 1.29 is 4.79 Å². The van der Waals surface area contributed by atoms with E-state index < -0.39 is 5.91 Å². The zero-order chi connectivity index (χ0) is 9.26. The number of carbonyl (C=O) groups excluding carboxylic acids is 1. The predicted molar refractivity (Wildman–Crippen MR) is 45.6 cm³/mol. The second-order valence-electron chi connectivity index (χ2n) is 2.62. The summed E-state index contributed by atoms with van der Waals surface area (Å²) in [5.41, 5.74) is 6.44. The Hall–Kier alpha value is -1.91. The Kier molecular flexibility index (Phi) is 1.70. The molecule has 2 aromatic rings. The quantitative estimate of drug-likeness (QED) is 0.682. The van der Waals surface area contributed by atoms with Crippen molar-refractivity contribution in [2.75, 3.05) is 0 Å². The number of rotatable bonds is 2. The monoisotopic (exact) mass is 175 g/mol. The number of benzene rings is 1. The highest BCUT2D eigenvalue weighted by atomic mass is 16.1. The minimum absolute atomic E-state index is 0.0500. The third kappa shape index (κ3) is 1.35. The largest absolute Gasteiger partial charge is 0.368 e. The fourth-order valence-electron chi connectivity index (χ4n) is 1.12. The molecule has 13 heavy (non-hydrogen) atoms. The molecule has 0 aliphatic rings. The van der Waals surface area contributed by atoms with Crippen molar-refractivity contribution in [3.63, 3.8) is 0 Å². The third-order valence-corrected chi connectivity index (χ3v) is 1.65. The van der Waals surface area contributed by atoms with E-state index in [-0.39, 0.29) is 6.54 Å². The molecule has 1 aromatic carbocycles. The molecule has 0 aliphatic heterocycles. The van der Waals surface area contributed by atoms with Crippen LogP contribution in [0.4, 0.5) is 0 Å². The number of fused-ring (bicyclic) bond motifs is 1. The first-order valence-corrected chi connectivity index (χ1v) is 3.75. The molecule has 1 amide bonds. The zero-order valence-electron chi connectivity index (χ0n) is 6.77. The maximum Gasteiger partial charge on any atom is 0.239 e.